The SMILES string of the molecule is Cc1nc2c(c(NC[C@H](c3ccc(C)o3)N3CCOCC3)n1)CCNC2. The van der Waals surface area contributed by atoms with Gasteiger partial charge in [0, 0.05) is 31.7 Å². The van der Waals surface area contributed by atoms with Crippen molar-refractivity contribution < 1.29 is 9.15 Å². The van der Waals surface area contributed by atoms with Gasteiger partial charge in [-0.25, -0.2) is 9.97 Å². The van der Waals surface area contributed by atoms with Gasteiger partial charge in [-0.05, 0) is 38.9 Å². The lowest BCUT2D eigenvalue weighted by atomic mass is 10.1. The number of morpholine rings is 1. The minimum absolute atomic E-state index is 0.167. The molecule has 0 bridgehead atoms. The van der Waals surface area contributed by atoms with Crippen LogP contribution in [0.3, 0.4) is 0 Å². The van der Waals surface area contributed by atoms with Crippen LogP contribution in [0, 0.1) is 13.8 Å². The van der Waals surface area contributed by atoms with Crippen molar-refractivity contribution in [3.8, 4) is 0 Å². The second-order valence-corrected chi connectivity index (χ2v) is 6.96. The standard InChI is InChI=1S/C19H27N5O2/c1-13-3-4-18(26-13)17(24-7-9-25-10-8-24)12-21-19-15-5-6-20-11-16(15)22-14(2)23-19/h3-4,17,20H,5-12H2,1-2H3,(H,21,22,23)/t17-/m1/s1. The van der Waals surface area contributed by atoms with Crippen LogP contribution in [-0.4, -0.2) is 54.3 Å². The molecular weight excluding hydrogens is 330 g/mol. The monoisotopic (exact) mass is 357 g/mol. The number of aromatic nitrogens is 2. The quantitative estimate of drug-likeness (QED) is 0.845. The molecule has 7 nitrogen and oxygen atoms in total. The predicted molar refractivity (Wildman–Crippen MR) is 99.2 cm³/mol. The summed E-state index contributed by atoms with van der Waals surface area (Å²) in [6.07, 6.45) is 0.958. The fourth-order valence-corrected chi connectivity index (χ4v) is 3.75. The third-order valence-electron chi connectivity index (χ3n) is 5.09. The molecule has 0 unspecified atom stereocenters. The largest absolute Gasteiger partial charge is 0.465 e. The number of furan rings is 1. The third-order valence-corrected chi connectivity index (χ3v) is 5.09. The van der Waals surface area contributed by atoms with Gasteiger partial charge in [0.15, 0.2) is 0 Å². The molecule has 1 saturated heterocycles. The first kappa shape index (κ1) is 17.5. The average molecular weight is 357 g/mol. The maximum Gasteiger partial charge on any atom is 0.133 e. The van der Waals surface area contributed by atoms with Crippen molar-refractivity contribution in [2.75, 3.05) is 44.7 Å². The zero-order chi connectivity index (χ0) is 17.9. The van der Waals surface area contributed by atoms with Crippen LogP contribution in [0.1, 0.15) is 34.6 Å². The molecule has 4 rings (SSSR count). The normalized spacial score (nSPS) is 19.2. The first-order valence-electron chi connectivity index (χ1n) is 9.40. The van der Waals surface area contributed by atoms with E-state index in [2.05, 4.69) is 31.6 Å². The van der Waals surface area contributed by atoms with Gasteiger partial charge in [-0.15, -0.1) is 0 Å². The maximum absolute atomic E-state index is 5.96. The Balaban J connectivity index is 1.56. The van der Waals surface area contributed by atoms with Crippen molar-refractivity contribution in [1.29, 1.82) is 0 Å². The molecule has 140 valence electrons. The summed E-state index contributed by atoms with van der Waals surface area (Å²) in [7, 11) is 0. The Morgan fingerprint density at radius 1 is 1.23 bits per heavy atom. The van der Waals surface area contributed by atoms with Crippen LogP contribution >= 0.6 is 0 Å². The highest BCUT2D eigenvalue weighted by molar-refractivity contribution is 5.48. The minimum atomic E-state index is 0.167. The van der Waals surface area contributed by atoms with E-state index in [1.165, 1.54) is 5.56 Å². The molecule has 2 N–H and O–H groups in total. The van der Waals surface area contributed by atoms with E-state index < -0.39 is 0 Å². The number of anilines is 1. The lowest BCUT2D eigenvalue weighted by Gasteiger charge is -2.33. The predicted octanol–water partition coefficient (Wildman–Crippen LogP) is 1.82. The van der Waals surface area contributed by atoms with Crippen molar-refractivity contribution in [2.24, 2.45) is 0 Å². The van der Waals surface area contributed by atoms with Crippen molar-refractivity contribution >= 4 is 5.82 Å². The van der Waals surface area contributed by atoms with E-state index in [0.717, 1.165) is 81.2 Å². The Morgan fingerprint density at radius 3 is 2.85 bits per heavy atom. The summed E-state index contributed by atoms with van der Waals surface area (Å²) in [6, 6.07) is 4.28. The van der Waals surface area contributed by atoms with Crippen LogP contribution in [0.15, 0.2) is 16.5 Å². The summed E-state index contributed by atoms with van der Waals surface area (Å²) < 4.78 is 11.5. The lowest BCUT2D eigenvalue weighted by Crippen LogP contribution is -2.41. The van der Waals surface area contributed by atoms with E-state index in [0.29, 0.717) is 0 Å². The van der Waals surface area contributed by atoms with Crippen molar-refractivity contribution in [1.82, 2.24) is 20.2 Å². The Bertz CT molecular complexity index is 754. The summed E-state index contributed by atoms with van der Waals surface area (Å²) in [6.45, 7) is 9.85. The Labute approximate surface area is 154 Å². The highest BCUT2D eigenvalue weighted by Gasteiger charge is 2.26. The van der Waals surface area contributed by atoms with Gasteiger partial charge in [0.1, 0.15) is 23.2 Å². The number of ether oxygens (including phenoxy) is 1. The summed E-state index contributed by atoms with van der Waals surface area (Å²) in [4.78, 5) is 11.7. The second-order valence-electron chi connectivity index (χ2n) is 6.96. The highest BCUT2D eigenvalue weighted by atomic mass is 16.5. The number of nitrogens with one attached hydrogen (secondary N) is 2. The molecule has 26 heavy (non-hydrogen) atoms. The van der Waals surface area contributed by atoms with Gasteiger partial charge in [0.05, 0.1) is 24.9 Å². The third kappa shape index (κ3) is 3.75. The van der Waals surface area contributed by atoms with Gasteiger partial charge < -0.3 is 19.8 Å². The topological polar surface area (TPSA) is 75.5 Å². The molecule has 2 aliphatic heterocycles. The van der Waals surface area contributed by atoms with Crippen molar-refractivity contribution in [3.05, 3.63) is 40.7 Å². The number of hydrogen-bond acceptors (Lipinski definition) is 7. The van der Waals surface area contributed by atoms with Gasteiger partial charge in [-0.2, -0.15) is 0 Å². The molecule has 0 aliphatic carbocycles. The van der Waals surface area contributed by atoms with Crippen molar-refractivity contribution in [2.45, 2.75) is 32.9 Å². The van der Waals surface area contributed by atoms with Gasteiger partial charge in [0.2, 0.25) is 0 Å². The molecule has 2 aliphatic rings. The van der Waals surface area contributed by atoms with E-state index in [1.807, 2.05) is 19.9 Å². The van der Waals surface area contributed by atoms with E-state index >= 15 is 0 Å². The summed E-state index contributed by atoms with van der Waals surface area (Å²) in [5.41, 5.74) is 2.36. The van der Waals surface area contributed by atoms with Crippen LogP contribution in [-0.2, 0) is 17.7 Å². The summed E-state index contributed by atoms with van der Waals surface area (Å²) >= 11 is 0. The lowest BCUT2D eigenvalue weighted by molar-refractivity contribution is 0.0143. The van der Waals surface area contributed by atoms with Crippen LogP contribution in [0.5, 0.6) is 0 Å². The maximum atomic E-state index is 5.96. The first-order chi connectivity index (χ1) is 12.7. The molecule has 4 heterocycles. The molecule has 0 aromatic carbocycles. The van der Waals surface area contributed by atoms with Crippen LogP contribution in [0.2, 0.25) is 0 Å². The Hall–Kier alpha value is -1.96. The second kappa shape index (κ2) is 7.73. The Morgan fingerprint density at radius 2 is 2.08 bits per heavy atom. The van der Waals surface area contributed by atoms with E-state index in [4.69, 9.17) is 9.15 Å². The van der Waals surface area contributed by atoms with Gasteiger partial charge in [0.25, 0.3) is 0 Å². The molecule has 0 radical (unpaired) electrons. The smallest absolute Gasteiger partial charge is 0.133 e. The molecule has 2 aromatic heterocycles. The van der Waals surface area contributed by atoms with Crippen LogP contribution in [0.25, 0.3) is 0 Å². The molecule has 0 amide bonds. The average Bonchev–Trinajstić information content (AvgIpc) is 3.08. The fraction of sp³-hybridized carbons (Fsp3) is 0.579. The molecule has 1 atom stereocenters. The van der Waals surface area contributed by atoms with Gasteiger partial charge in [-0.3, -0.25) is 4.90 Å². The summed E-state index contributed by atoms with van der Waals surface area (Å²) in [5.74, 6) is 3.72. The van der Waals surface area contributed by atoms with Crippen LogP contribution < -0.4 is 10.6 Å². The van der Waals surface area contributed by atoms with Gasteiger partial charge >= 0.3 is 0 Å². The minimum Gasteiger partial charge on any atom is -0.465 e. The zero-order valence-corrected chi connectivity index (χ0v) is 15.5. The molecule has 0 spiro atoms. The van der Waals surface area contributed by atoms with Gasteiger partial charge in [-0.1, -0.05) is 0 Å². The highest BCUT2D eigenvalue weighted by Crippen LogP contribution is 2.26. The zero-order valence-electron chi connectivity index (χ0n) is 15.5. The number of fused-ring (bicyclic) bond motifs is 1. The Kier molecular flexibility index (Phi) is 5.19. The number of rotatable bonds is 5. The van der Waals surface area contributed by atoms with Crippen LogP contribution in [0.4, 0.5) is 5.82 Å². The first-order valence-corrected chi connectivity index (χ1v) is 9.40. The molecule has 7 heteroatoms. The molecule has 2 aromatic rings. The number of aryl methyl sites for hydroxylation is 2. The van der Waals surface area contributed by atoms with E-state index in [1.54, 1.807) is 0 Å². The summed E-state index contributed by atoms with van der Waals surface area (Å²) in [5, 5.41) is 6.98. The molecule has 0 saturated carbocycles. The fourth-order valence-electron chi connectivity index (χ4n) is 3.75. The van der Waals surface area contributed by atoms with E-state index in [9.17, 15) is 0 Å². The van der Waals surface area contributed by atoms with Crippen molar-refractivity contribution in [3.63, 3.8) is 0 Å². The molecular formula is C19H27N5O2. The molecule has 1 fully saturated rings. The van der Waals surface area contributed by atoms with E-state index in [-0.39, 0.29) is 6.04 Å². The number of hydrogen-bond donors (Lipinski definition) is 2. The number of nitrogens with zero attached hydrogens (tertiary/aromatic N) is 3.